The van der Waals surface area contributed by atoms with Crippen molar-refractivity contribution in [2.24, 2.45) is 5.92 Å². The number of fused-ring (bicyclic) bond motifs is 1. The van der Waals surface area contributed by atoms with Gasteiger partial charge < -0.3 is 4.98 Å². The summed E-state index contributed by atoms with van der Waals surface area (Å²) in [5.74, 6) is -0.337. The van der Waals surface area contributed by atoms with Crippen LogP contribution in [0.15, 0.2) is 17.5 Å². The van der Waals surface area contributed by atoms with Crippen LogP contribution in [-0.4, -0.2) is 16.8 Å². The highest BCUT2D eigenvalue weighted by atomic mass is 32.1. The van der Waals surface area contributed by atoms with Crippen molar-refractivity contribution >= 4 is 33.4 Å². The number of hydrogen-bond acceptors (Lipinski definition) is 3. The lowest BCUT2D eigenvalue weighted by Gasteiger charge is -2.04. The maximum absolute atomic E-state index is 11.7. The average Bonchev–Trinajstić information content (AvgIpc) is 2.94. The molecule has 0 unspecified atom stereocenters. The molecule has 0 bridgehead atoms. The molecule has 0 radical (unpaired) electrons. The number of carbonyl (C=O) groups is 2. The van der Waals surface area contributed by atoms with Crippen LogP contribution in [-0.2, 0) is 4.79 Å². The largest absolute Gasteiger partial charge is 0.350 e. The summed E-state index contributed by atoms with van der Waals surface area (Å²) in [4.78, 5) is 26.0. The zero-order valence-corrected chi connectivity index (χ0v) is 9.76. The highest BCUT2D eigenvalue weighted by Gasteiger charge is 2.29. The zero-order chi connectivity index (χ0) is 11.8. The number of nitrogens with one attached hydrogen (secondary N) is 3. The third kappa shape index (κ3) is 2.03. The zero-order valence-electron chi connectivity index (χ0n) is 8.95. The number of hydrogen-bond donors (Lipinski definition) is 3. The van der Waals surface area contributed by atoms with E-state index in [0.717, 1.165) is 23.1 Å². The fourth-order valence-electron chi connectivity index (χ4n) is 1.60. The van der Waals surface area contributed by atoms with Crippen LogP contribution >= 0.6 is 11.3 Å². The fourth-order valence-corrected chi connectivity index (χ4v) is 2.39. The van der Waals surface area contributed by atoms with Crippen LogP contribution in [0, 0.1) is 5.92 Å². The Morgan fingerprint density at radius 2 is 2.18 bits per heavy atom. The molecule has 88 valence electrons. The van der Waals surface area contributed by atoms with Gasteiger partial charge in [-0.3, -0.25) is 20.4 Å². The number of aromatic amines is 1. The summed E-state index contributed by atoms with van der Waals surface area (Å²) < 4.78 is 1.03. The molecule has 2 aromatic heterocycles. The number of H-pyrrole nitrogens is 1. The standard InChI is InChI=1S/C11H11N3O2S/c15-10(6-1-2-6)13-14-11(16)8-5-9-7(12-8)3-4-17-9/h3-6,12H,1-2H2,(H,13,15)(H,14,16). The lowest BCUT2D eigenvalue weighted by Crippen LogP contribution is -2.42. The number of aromatic nitrogens is 1. The summed E-state index contributed by atoms with van der Waals surface area (Å²) >= 11 is 1.57. The third-order valence-electron chi connectivity index (χ3n) is 2.73. The Kier molecular flexibility index (Phi) is 2.36. The second-order valence-electron chi connectivity index (χ2n) is 4.10. The SMILES string of the molecule is O=C(NNC(=O)C1CC1)c1cc2sccc2[nH]1. The normalized spacial score (nSPS) is 14.8. The van der Waals surface area contributed by atoms with Crippen molar-refractivity contribution in [3.05, 3.63) is 23.2 Å². The van der Waals surface area contributed by atoms with E-state index in [0.29, 0.717) is 5.69 Å². The molecular formula is C11H11N3O2S. The third-order valence-corrected chi connectivity index (χ3v) is 3.60. The van der Waals surface area contributed by atoms with E-state index >= 15 is 0 Å². The number of thiophene rings is 1. The molecule has 5 nitrogen and oxygen atoms in total. The quantitative estimate of drug-likeness (QED) is 0.704. The molecule has 0 atom stereocenters. The minimum atomic E-state index is -0.317. The van der Waals surface area contributed by atoms with E-state index in [1.807, 2.05) is 11.4 Å². The molecule has 17 heavy (non-hydrogen) atoms. The van der Waals surface area contributed by atoms with E-state index in [2.05, 4.69) is 15.8 Å². The monoisotopic (exact) mass is 249 g/mol. The smallest absolute Gasteiger partial charge is 0.286 e. The van der Waals surface area contributed by atoms with Crippen LogP contribution in [0.3, 0.4) is 0 Å². The van der Waals surface area contributed by atoms with Gasteiger partial charge in [-0.1, -0.05) is 0 Å². The highest BCUT2D eigenvalue weighted by molar-refractivity contribution is 7.17. The van der Waals surface area contributed by atoms with Gasteiger partial charge in [0.2, 0.25) is 5.91 Å². The van der Waals surface area contributed by atoms with Crippen molar-refractivity contribution < 1.29 is 9.59 Å². The summed E-state index contributed by atoms with van der Waals surface area (Å²) in [6, 6.07) is 3.69. The first-order valence-electron chi connectivity index (χ1n) is 5.40. The van der Waals surface area contributed by atoms with Crippen LogP contribution in [0.25, 0.3) is 10.2 Å². The molecule has 0 spiro atoms. The van der Waals surface area contributed by atoms with Crippen LogP contribution in [0.5, 0.6) is 0 Å². The van der Waals surface area contributed by atoms with Gasteiger partial charge in [0.05, 0.1) is 10.2 Å². The first-order valence-corrected chi connectivity index (χ1v) is 6.28. The Labute approximate surface area is 101 Å². The van der Waals surface area contributed by atoms with Crippen molar-refractivity contribution in [1.29, 1.82) is 0 Å². The van der Waals surface area contributed by atoms with Gasteiger partial charge in [-0.15, -0.1) is 11.3 Å². The van der Waals surface area contributed by atoms with E-state index in [4.69, 9.17) is 0 Å². The van der Waals surface area contributed by atoms with E-state index in [9.17, 15) is 9.59 Å². The number of hydrazine groups is 1. The van der Waals surface area contributed by atoms with Crippen molar-refractivity contribution in [2.75, 3.05) is 0 Å². The number of amides is 2. The minimum absolute atomic E-state index is 0.0856. The van der Waals surface area contributed by atoms with Crippen molar-refractivity contribution in [3.63, 3.8) is 0 Å². The molecule has 1 aliphatic carbocycles. The molecule has 0 saturated heterocycles. The number of carbonyl (C=O) groups excluding carboxylic acids is 2. The van der Waals surface area contributed by atoms with Crippen LogP contribution in [0.1, 0.15) is 23.3 Å². The molecule has 1 fully saturated rings. The molecule has 1 aliphatic rings. The van der Waals surface area contributed by atoms with Gasteiger partial charge in [0.25, 0.3) is 5.91 Å². The lowest BCUT2D eigenvalue weighted by atomic mass is 10.4. The first kappa shape index (κ1) is 10.3. The van der Waals surface area contributed by atoms with E-state index in [1.165, 1.54) is 0 Å². The van der Waals surface area contributed by atoms with E-state index in [1.54, 1.807) is 17.4 Å². The minimum Gasteiger partial charge on any atom is -0.350 e. The predicted octanol–water partition coefficient (Wildman–Crippen LogP) is 1.40. The highest BCUT2D eigenvalue weighted by Crippen LogP contribution is 2.28. The first-order chi connectivity index (χ1) is 8.24. The van der Waals surface area contributed by atoms with Crippen LogP contribution in [0.4, 0.5) is 0 Å². The van der Waals surface area contributed by atoms with E-state index in [-0.39, 0.29) is 17.7 Å². The average molecular weight is 249 g/mol. The Morgan fingerprint density at radius 1 is 1.35 bits per heavy atom. The molecule has 2 amide bonds. The molecule has 6 heteroatoms. The molecular weight excluding hydrogens is 238 g/mol. The molecule has 2 heterocycles. The number of rotatable bonds is 2. The van der Waals surface area contributed by atoms with E-state index < -0.39 is 0 Å². The maximum Gasteiger partial charge on any atom is 0.286 e. The van der Waals surface area contributed by atoms with Gasteiger partial charge in [-0.25, -0.2) is 0 Å². The summed E-state index contributed by atoms with van der Waals surface area (Å²) in [7, 11) is 0. The Hall–Kier alpha value is -1.82. The van der Waals surface area contributed by atoms with Gasteiger partial charge in [0.15, 0.2) is 0 Å². The molecule has 3 N–H and O–H groups in total. The van der Waals surface area contributed by atoms with Crippen molar-refractivity contribution in [1.82, 2.24) is 15.8 Å². The fraction of sp³-hybridized carbons (Fsp3) is 0.273. The molecule has 2 aromatic rings. The second-order valence-corrected chi connectivity index (χ2v) is 5.05. The predicted molar refractivity (Wildman–Crippen MR) is 64.5 cm³/mol. The van der Waals surface area contributed by atoms with Crippen molar-refractivity contribution in [2.45, 2.75) is 12.8 Å². The second kappa shape index (κ2) is 3.89. The van der Waals surface area contributed by atoms with Gasteiger partial charge in [-0.2, -0.15) is 0 Å². The van der Waals surface area contributed by atoms with Crippen LogP contribution < -0.4 is 10.9 Å². The summed E-state index contributed by atoms with van der Waals surface area (Å²) in [5.41, 5.74) is 6.23. The molecule has 3 rings (SSSR count). The topological polar surface area (TPSA) is 74.0 Å². The maximum atomic E-state index is 11.7. The van der Waals surface area contributed by atoms with Gasteiger partial charge in [0.1, 0.15) is 5.69 Å². The Morgan fingerprint density at radius 3 is 2.88 bits per heavy atom. The summed E-state index contributed by atoms with van der Waals surface area (Å²) in [6.07, 6.45) is 1.83. The van der Waals surface area contributed by atoms with Crippen molar-refractivity contribution in [3.8, 4) is 0 Å². The summed E-state index contributed by atoms with van der Waals surface area (Å²) in [5, 5.41) is 1.96. The molecule has 0 aromatic carbocycles. The molecule has 0 aliphatic heterocycles. The van der Waals surface area contributed by atoms with Crippen LogP contribution in [0.2, 0.25) is 0 Å². The lowest BCUT2D eigenvalue weighted by molar-refractivity contribution is -0.123. The van der Waals surface area contributed by atoms with Gasteiger partial charge in [0, 0.05) is 5.92 Å². The molecule has 1 saturated carbocycles. The Balaban J connectivity index is 1.65. The Bertz CT molecular complexity index is 554. The van der Waals surface area contributed by atoms with Gasteiger partial charge >= 0.3 is 0 Å². The van der Waals surface area contributed by atoms with Gasteiger partial charge in [-0.05, 0) is 30.4 Å². The summed E-state index contributed by atoms with van der Waals surface area (Å²) in [6.45, 7) is 0.